The van der Waals surface area contributed by atoms with Crippen molar-refractivity contribution in [3.63, 3.8) is 0 Å². The van der Waals surface area contributed by atoms with Crippen LogP contribution in [0.4, 0.5) is 0 Å². The van der Waals surface area contributed by atoms with Crippen LogP contribution in [0.25, 0.3) is 10.9 Å². The lowest BCUT2D eigenvalue weighted by molar-refractivity contribution is 0.817. The van der Waals surface area contributed by atoms with Crippen molar-refractivity contribution < 1.29 is 0 Å². The average molecular weight is 241 g/mol. The predicted octanol–water partition coefficient (Wildman–Crippen LogP) is 4.37. The quantitative estimate of drug-likeness (QED) is 0.628. The lowest BCUT2D eigenvalue weighted by Crippen LogP contribution is -1.99. The summed E-state index contributed by atoms with van der Waals surface area (Å²) in [6, 6.07) is 15.3. The maximum atomic E-state index is 2.39. The van der Waals surface area contributed by atoms with Gasteiger partial charge in [0.15, 0.2) is 0 Å². The van der Waals surface area contributed by atoms with Crippen molar-refractivity contribution in [2.24, 2.45) is 0 Å². The molecule has 0 atom stereocenters. The molecule has 0 saturated carbocycles. The highest BCUT2D eigenvalue weighted by atomic mass is 32.1. The fourth-order valence-corrected chi connectivity index (χ4v) is 3.16. The van der Waals surface area contributed by atoms with Gasteiger partial charge >= 0.3 is 0 Å². The van der Waals surface area contributed by atoms with Crippen molar-refractivity contribution in [3.8, 4) is 0 Å². The number of aryl methyl sites for hydroxylation is 2. The second-order valence-electron chi connectivity index (χ2n) is 4.44. The molecule has 0 unspecified atom stereocenters. The Morgan fingerprint density at radius 2 is 1.88 bits per heavy atom. The smallest absolute Gasteiger partial charge is 0.0572 e. The van der Waals surface area contributed by atoms with Crippen LogP contribution in [0.15, 0.2) is 42.5 Å². The van der Waals surface area contributed by atoms with Crippen LogP contribution in [0.3, 0.4) is 0 Å². The van der Waals surface area contributed by atoms with Gasteiger partial charge in [0.25, 0.3) is 0 Å². The number of nitrogens with zero attached hydrogens (tertiary/aromatic N) is 1. The lowest BCUT2D eigenvalue weighted by atomic mass is 10.2. The number of benzene rings is 1. The van der Waals surface area contributed by atoms with Crippen LogP contribution in [0.1, 0.15) is 15.4 Å². The second kappa shape index (κ2) is 4.04. The van der Waals surface area contributed by atoms with E-state index in [4.69, 9.17) is 0 Å². The van der Waals surface area contributed by atoms with Gasteiger partial charge in [0.1, 0.15) is 0 Å². The molecular formula is C15H15NS. The summed E-state index contributed by atoms with van der Waals surface area (Å²) in [5.74, 6) is 0. The van der Waals surface area contributed by atoms with Crippen LogP contribution in [-0.2, 0) is 6.54 Å². The SMILES string of the molecule is Cc1ccc(Cn2c(C)cc3ccccc32)s1. The average Bonchev–Trinajstić information content (AvgIpc) is 2.85. The fraction of sp³-hybridized carbons (Fsp3) is 0.200. The van der Waals surface area contributed by atoms with Gasteiger partial charge in [-0.25, -0.2) is 0 Å². The number of hydrogen-bond acceptors (Lipinski definition) is 1. The Labute approximate surface area is 105 Å². The minimum atomic E-state index is 0.984. The molecule has 0 bridgehead atoms. The molecule has 2 heteroatoms. The first-order valence-electron chi connectivity index (χ1n) is 5.84. The molecule has 2 aromatic heterocycles. The Kier molecular flexibility index (Phi) is 2.52. The van der Waals surface area contributed by atoms with Gasteiger partial charge in [0.05, 0.1) is 6.54 Å². The van der Waals surface area contributed by atoms with E-state index >= 15 is 0 Å². The van der Waals surface area contributed by atoms with E-state index in [0.717, 1.165) is 6.54 Å². The van der Waals surface area contributed by atoms with E-state index in [0.29, 0.717) is 0 Å². The number of fused-ring (bicyclic) bond motifs is 1. The zero-order valence-electron chi connectivity index (χ0n) is 10.1. The summed E-state index contributed by atoms with van der Waals surface area (Å²) in [4.78, 5) is 2.81. The highest BCUT2D eigenvalue weighted by molar-refractivity contribution is 7.11. The third-order valence-electron chi connectivity index (χ3n) is 3.13. The number of aromatic nitrogens is 1. The monoisotopic (exact) mass is 241 g/mol. The second-order valence-corrected chi connectivity index (χ2v) is 5.82. The lowest BCUT2D eigenvalue weighted by Gasteiger charge is -2.06. The van der Waals surface area contributed by atoms with Crippen molar-refractivity contribution in [1.29, 1.82) is 0 Å². The molecule has 3 aromatic rings. The third-order valence-corrected chi connectivity index (χ3v) is 4.11. The van der Waals surface area contributed by atoms with Crippen LogP contribution in [-0.4, -0.2) is 4.57 Å². The van der Waals surface area contributed by atoms with Crippen LogP contribution >= 0.6 is 11.3 Å². The molecule has 17 heavy (non-hydrogen) atoms. The molecule has 0 spiro atoms. The molecule has 1 aromatic carbocycles. The van der Waals surface area contributed by atoms with Gasteiger partial charge in [-0.2, -0.15) is 0 Å². The Morgan fingerprint density at radius 3 is 2.65 bits per heavy atom. The number of rotatable bonds is 2. The summed E-state index contributed by atoms with van der Waals surface area (Å²) in [5.41, 5.74) is 2.66. The van der Waals surface area contributed by atoms with Crippen LogP contribution < -0.4 is 0 Å². The van der Waals surface area contributed by atoms with Crippen molar-refractivity contribution in [3.05, 3.63) is 57.9 Å². The van der Waals surface area contributed by atoms with Gasteiger partial charge in [-0.05, 0) is 43.5 Å². The summed E-state index contributed by atoms with van der Waals surface area (Å²) >= 11 is 1.88. The number of para-hydroxylation sites is 1. The normalized spacial score (nSPS) is 11.2. The summed E-state index contributed by atoms with van der Waals surface area (Å²) < 4.78 is 2.39. The Balaban J connectivity index is 2.08. The van der Waals surface area contributed by atoms with E-state index in [9.17, 15) is 0 Å². The summed E-state index contributed by atoms with van der Waals surface area (Å²) in [6.45, 7) is 5.33. The first-order valence-corrected chi connectivity index (χ1v) is 6.66. The minimum Gasteiger partial charge on any atom is -0.340 e. The first kappa shape index (κ1) is 10.6. The molecule has 86 valence electrons. The molecule has 2 heterocycles. The number of thiophene rings is 1. The van der Waals surface area contributed by atoms with E-state index in [-0.39, 0.29) is 0 Å². The molecule has 1 nitrogen and oxygen atoms in total. The molecule has 0 fully saturated rings. The predicted molar refractivity (Wildman–Crippen MR) is 74.8 cm³/mol. The molecule has 0 aliphatic heterocycles. The van der Waals surface area contributed by atoms with Gasteiger partial charge in [-0.1, -0.05) is 18.2 Å². The molecule has 0 aliphatic carbocycles. The van der Waals surface area contributed by atoms with Crippen molar-refractivity contribution in [1.82, 2.24) is 4.57 Å². The first-order chi connectivity index (χ1) is 8.24. The highest BCUT2D eigenvalue weighted by Gasteiger charge is 2.06. The molecule has 0 aliphatic rings. The minimum absolute atomic E-state index is 0.984. The van der Waals surface area contributed by atoms with Gasteiger partial charge in [-0.3, -0.25) is 0 Å². The van der Waals surface area contributed by atoms with E-state index in [2.05, 4.69) is 60.9 Å². The van der Waals surface area contributed by atoms with Crippen molar-refractivity contribution in [2.45, 2.75) is 20.4 Å². The fourth-order valence-electron chi connectivity index (χ4n) is 2.28. The van der Waals surface area contributed by atoms with Crippen LogP contribution in [0.2, 0.25) is 0 Å². The maximum absolute atomic E-state index is 2.39. The van der Waals surface area contributed by atoms with Crippen LogP contribution in [0, 0.1) is 13.8 Å². The largest absolute Gasteiger partial charge is 0.340 e. The van der Waals surface area contributed by atoms with E-state index < -0.39 is 0 Å². The molecular weight excluding hydrogens is 226 g/mol. The zero-order valence-corrected chi connectivity index (χ0v) is 10.9. The van der Waals surface area contributed by atoms with Gasteiger partial charge < -0.3 is 4.57 Å². The summed E-state index contributed by atoms with van der Waals surface area (Å²) in [5, 5.41) is 1.33. The molecule has 0 amide bonds. The molecule has 3 rings (SSSR count). The third kappa shape index (κ3) is 1.89. The van der Waals surface area contributed by atoms with Crippen LogP contribution in [0.5, 0.6) is 0 Å². The maximum Gasteiger partial charge on any atom is 0.0572 e. The van der Waals surface area contributed by atoms with Crippen molar-refractivity contribution in [2.75, 3.05) is 0 Å². The molecule has 0 radical (unpaired) electrons. The highest BCUT2D eigenvalue weighted by Crippen LogP contribution is 2.23. The summed E-state index contributed by atoms with van der Waals surface area (Å²) in [7, 11) is 0. The number of hydrogen-bond donors (Lipinski definition) is 0. The van der Waals surface area contributed by atoms with E-state index in [1.54, 1.807) is 0 Å². The molecule has 0 N–H and O–H groups in total. The Bertz CT molecular complexity index is 660. The standard InChI is InChI=1S/C15H15NS/c1-11-9-13-5-3-4-6-15(13)16(11)10-14-8-7-12(2)17-14/h3-9H,10H2,1-2H3. The summed E-state index contributed by atoms with van der Waals surface area (Å²) in [6.07, 6.45) is 0. The Hall–Kier alpha value is -1.54. The zero-order chi connectivity index (χ0) is 11.8. The Morgan fingerprint density at radius 1 is 1.06 bits per heavy atom. The van der Waals surface area contributed by atoms with Gasteiger partial charge in [0, 0.05) is 21.0 Å². The van der Waals surface area contributed by atoms with Crippen molar-refractivity contribution >= 4 is 22.2 Å². The van der Waals surface area contributed by atoms with E-state index in [1.807, 2.05) is 11.3 Å². The molecule has 0 saturated heterocycles. The topological polar surface area (TPSA) is 4.93 Å². The van der Waals surface area contributed by atoms with Gasteiger partial charge in [-0.15, -0.1) is 11.3 Å². The van der Waals surface area contributed by atoms with Gasteiger partial charge in [0.2, 0.25) is 0 Å². The van der Waals surface area contributed by atoms with E-state index in [1.165, 1.54) is 26.4 Å².